The summed E-state index contributed by atoms with van der Waals surface area (Å²) in [7, 11) is 0. The maximum absolute atomic E-state index is 13.6. The van der Waals surface area contributed by atoms with Gasteiger partial charge in [0.2, 0.25) is 0 Å². The lowest BCUT2D eigenvalue weighted by atomic mass is 9.99. The first-order valence-corrected chi connectivity index (χ1v) is 6.57. The van der Waals surface area contributed by atoms with Crippen LogP contribution in [-0.2, 0) is 0 Å². The molecular weight excluding hydrogens is 289 g/mol. The van der Waals surface area contributed by atoms with Gasteiger partial charge in [-0.15, -0.1) is 11.6 Å². The summed E-state index contributed by atoms with van der Waals surface area (Å²) in [6, 6.07) is 7.77. The van der Waals surface area contributed by atoms with Gasteiger partial charge in [0.1, 0.15) is 11.6 Å². The molecule has 0 N–H and O–H groups in total. The van der Waals surface area contributed by atoms with Crippen LogP contribution in [0.25, 0.3) is 0 Å². The Labute approximate surface area is 121 Å². The molecular formula is C15H12Cl2F2. The third-order valence-electron chi connectivity index (χ3n) is 2.99. The summed E-state index contributed by atoms with van der Waals surface area (Å²) >= 11 is 12.0. The highest BCUT2D eigenvalue weighted by Gasteiger charge is 2.15. The molecule has 0 aromatic heterocycles. The Hall–Kier alpha value is -1.12. The Bertz CT molecular complexity index is 601. The Balaban J connectivity index is 2.43. The van der Waals surface area contributed by atoms with Crippen molar-refractivity contribution in [3.05, 3.63) is 69.2 Å². The highest BCUT2D eigenvalue weighted by atomic mass is 35.5. The van der Waals surface area contributed by atoms with Gasteiger partial charge in [0.25, 0.3) is 0 Å². The summed E-state index contributed by atoms with van der Waals surface area (Å²) in [5.41, 5.74) is 2.37. The number of rotatable bonds is 2. The van der Waals surface area contributed by atoms with Crippen LogP contribution >= 0.6 is 23.2 Å². The van der Waals surface area contributed by atoms with Crippen LogP contribution in [-0.4, -0.2) is 0 Å². The van der Waals surface area contributed by atoms with E-state index in [1.54, 1.807) is 32.0 Å². The molecule has 0 bridgehead atoms. The van der Waals surface area contributed by atoms with Crippen molar-refractivity contribution in [2.24, 2.45) is 0 Å². The molecule has 0 heterocycles. The van der Waals surface area contributed by atoms with Crippen molar-refractivity contribution in [1.29, 1.82) is 0 Å². The zero-order chi connectivity index (χ0) is 14.2. The Morgan fingerprint density at radius 3 is 2.05 bits per heavy atom. The molecule has 0 saturated heterocycles. The zero-order valence-corrected chi connectivity index (χ0v) is 12.0. The minimum Gasteiger partial charge on any atom is -0.206 e. The minimum absolute atomic E-state index is 0.0547. The first-order chi connectivity index (χ1) is 8.90. The normalized spacial score (nSPS) is 12.5. The molecule has 0 aliphatic rings. The fourth-order valence-electron chi connectivity index (χ4n) is 1.99. The fraction of sp³-hybridized carbons (Fsp3) is 0.200. The molecule has 0 fully saturated rings. The van der Waals surface area contributed by atoms with Crippen molar-refractivity contribution in [2.75, 3.05) is 0 Å². The summed E-state index contributed by atoms with van der Waals surface area (Å²) in [6.07, 6.45) is 0. The predicted molar refractivity (Wildman–Crippen MR) is 75.0 cm³/mol. The van der Waals surface area contributed by atoms with Crippen molar-refractivity contribution in [3.63, 3.8) is 0 Å². The second kappa shape index (κ2) is 5.48. The van der Waals surface area contributed by atoms with Gasteiger partial charge in [-0.2, -0.15) is 0 Å². The van der Waals surface area contributed by atoms with Crippen molar-refractivity contribution in [2.45, 2.75) is 19.2 Å². The molecule has 0 aliphatic heterocycles. The summed E-state index contributed by atoms with van der Waals surface area (Å²) in [5.74, 6) is -0.754. The predicted octanol–water partition coefficient (Wildman–Crippen LogP) is 5.56. The van der Waals surface area contributed by atoms with E-state index in [4.69, 9.17) is 23.2 Å². The van der Waals surface area contributed by atoms with E-state index in [0.29, 0.717) is 16.7 Å². The fourth-order valence-corrected chi connectivity index (χ4v) is 2.37. The van der Waals surface area contributed by atoms with E-state index in [1.165, 1.54) is 12.1 Å². The quantitative estimate of drug-likeness (QED) is 0.637. The number of aryl methyl sites for hydroxylation is 2. The highest BCUT2D eigenvalue weighted by Crippen LogP contribution is 2.32. The van der Waals surface area contributed by atoms with Gasteiger partial charge in [-0.3, -0.25) is 0 Å². The molecule has 0 saturated carbocycles. The molecule has 2 aromatic rings. The Kier molecular flexibility index (Phi) is 4.12. The topological polar surface area (TPSA) is 0 Å². The lowest BCUT2D eigenvalue weighted by molar-refractivity contribution is 0.608. The van der Waals surface area contributed by atoms with Gasteiger partial charge < -0.3 is 0 Å². The molecule has 0 nitrogen and oxygen atoms in total. The summed E-state index contributed by atoms with van der Waals surface area (Å²) in [5, 5.41) is -0.483. The number of hydrogen-bond donors (Lipinski definition) is 0. The summed E-state index contributed by atoms with van der Waals surface area (Å²) in [6.45, 7) is 3.36. The number of halogens is 4. The average molecular weight is 301 g/mol. The van der Waals surface area contributed by atoms with E-state index in [0.717, 1.165) is 5.56 Å². The monoisotopic (exact) mass is 300 g/mol. The molecule has 1 atom stereocenters. The van der Waals surface area contributed by atoms with Crippen molar-refractivity contribution < 1.29 is 8.78 Å². The molecule has 1 unspecified atom stereocenters. The molecule has 4 heteroatoms. The van der Waals surface area contributed by atoms with Crippen LogP contribution in [0.4, 0.5) is 8.78 Å². The SMILES string of the molecule is Cc1cc(C(Cl)c2ccc(Cl)c(F)c2)cc(C)c1F. The van der Waals surface area contributed by atoms with Crippen LogP contribution in [0.3, 0.4) is 0 Å². The van der Waals surface area contributed by atoms with Crippen molar-refractivity contribution in [3.8, 4) is 0 Å². The molecule has 0 radical (unpaired) electrons. The van der Waals surface area contributed by atoms with Crippen LogP contribution in [0.1, 0.15) is 27.6 Å². The van der Waals surface area contributed by atoms with Crippen molar-refractivity contribution in [1.82, 2.24) is 0 Å². The maximum Gasteiger partial charge on any atom is 0.142 e. The third-order valence-corrected chi connectivity index (χ3v) is 3.80. The standard InChI is InChI=1S/C15H12Cl2F2/c1-8-5-11(6-9(2)15(8)19)14(17)10-3-4-12(16)13(18)7-10/h3-7,14H,1-2H3. The summed E-state index contributed by atoms with van der Waals surface area (Å²) < 4.78 is 27.0. The van der Waals surface area contributed by atoms with Crippen LogP contribution in [0.15, 0.2) is 30.3 Å². The molecule has 19 heavy (non-hydrogen) atoms. The van der Waals surface area contributed by atoms with Gasteiger partial charge in [0.15, 0.2) is 0 Å². The van der Waals surface area contributed by atoms with Gasteiger partial charge in [0.05, 0.1) is 10.4 Å². The number of hydrogen-bond acceptors (Lipinski definition) is 0. The van der Waals surface area contributed by atoms with Crippen LogP contribution < -0.4 is 0 Å². The number of benzene rings is 2. The minimum atomic E-state index is -0.537. The first kappa shape index (κ1) is 14.3. The lowest BCUT2D eigenvalue weighted by Crippen LogP contribution is -1.98. The van der Waals surface area contributed by atoms with Gasteiger partial charge in [0, 0.05) is 0 Å². The molecule has 0 aliphatic carbocycles. The molecule has 100 valence electrons. The van der Waals surface area contributed by atoms with Crippen LogP contribution in [0.2, 0.25) is 5.02 Å². The molecule has 0 spiro atoms. The smallest absolute Gasteiger partial charge is 0.142 e. The van der Waals surface area contributed by atoms with Gasteiger partial charge >= 0.3 is 0 Å². The van der Waals surface area contributed by atoms with Crippen molar-refractivity contribution >= 4 is 23.2 Å². The highest BCUT2D eigenvalue weighted by molar-refractivity contribution is 6.30. The largest absolute Gasteiger partial charge is 0.206 e. The molecule has 0 amide bonds. The average Bonchev–Trinajstić information content (AvgIpc) is 2.37. The second-order valence-corrected chi connectivity index (χ2v) is 5.35. The lowest BCUT2D eigenvalue weighted by Gasteiger charge is -2.13. The van der Waals surface area contributed by atoms with E-state index in [2.05, 4.69) is 0 Å². The van der Waals surface area contributed by atoms with Gasteiger partial charge in [-0.1, -0.05) is 29.8 Å². The molecule has 2 aromatic carbocycles. The van der Waals surface area contributed by atoms with E-state index in [1.807, 2.05) is 0 Å². The first-order valence-electron chi connectivity index (χ1n) is 5.76. The molecule has 2 rings (SSSR count). The summed E-state index contributed by atoms with van der Waals surface area (Å²) in [4.78, 5) is 0. The van der Waals surface area contributed by atoms with E-state index >= 15 is 0 Å². The van der Waals surface area contributed by atoms with E-state index in [-0.39, 0.29) is 10.8 Å². The Morgan fingerprint density at radius 2 is 1.53 bits per heavy atom. The third kappa shape index (κ3) is 2.90. The zero-order valence-electron chi connectivity index (χ0n) is 10.5. The van der Waals surface area contributed by atoms with E-state index in [9.17, 15) is 8.78 Å². The van der Waals surface area contributed by atoms with Crippen LogP contribution in [0.5, 0.6) is 0 Å². The Morgan fingerprint density at radius 1 is 0.947 bits per heavy atom. The van der Waals surface area contributed by atoms with Crippen LogP contribution in [0, 0.1) is 25.5 Å². The maximum atomic E-state index is 13.6. The van der Waals surface area contributed by atoms with E-state index < -0.39 is 11.2 Å². The van der Waals surface area contributed by atoms with Gasteiger partial charge in [-0.05, 0) is 48.2 Å². The van der Waals surface area contributed by atoms with Gasteiger partial charge in [-0.25, -0.2) is 8.78 Å². The number of alkyl halides is 1. The second-order valence-electron chi connectivity index (χ2n) is 4.50.